The number of halogens is 1. The van der Waals surface area contributed by atoms with Gasteiger partial charge in [-0.25, -0.2) is 4.68 Å². The average Bonchev–Trinajstić information content (AvgIpc) is 2.65. The van der Waals surface area contributed by atoms with E-state index in [-0.39, 0.29) is 6.04 Å². The molecule has 1 aromatic heterocycles. The molecule has 1 aromatic carbocycles. The van der Waals surface area contributed by atoms with Crippen LogP contribution in [0.2, 0.25) is 0 Å². The summed E-state index contributed by atoms with van der Waals surface area (Å²) < 4.78 is 2.78. The third kappa shape index (κ3) is 2.27. The number of hydrogen-bond acceptors (Lipinski definition) is 2. The summed E-state index contributed by atoms with van der Waals surface area (Å²) in [6, 6.07) is 8.11. The molecule has 0 radical (unpaired) electrons. The molecule has 78 valence electrons. The summed E-state index contributed by atoms with van der Waals surface area (Å²) in [5.74, 6) is 0. The van der Waals surface area contributed by atoms with E-state index in [1.165, 1.54) is 0 Å². The predicted octanol–water partition coefficient (Wildman–Crippen LogP) is 2.65. The molecule has 2 rings (SSSR count). The Morgan fingerprint density at radius 2 is 2.27 bits per heavy atom. The van der Waals surface area contributed by atoms with Gasteiger partial charge in [0.25, 0.3) is 0 Å². The van der Waals surface area contributed by atoms with Gasteiger partial charge in [-0.15, -0.1) is 0 Å². The Morgan fingerprint density at radius 3 is 2.87 bits per heavy atom. The van der Waals surface area contributed by atoms with Crippen LogP contribution in [0.4, 0.5) is 0 Å². The molecule has 2 N–H and O–H groups in total. The molecule has 2 aromatic rings. The summed E-state index contributed by atoms with van der Waals surface area (Å²) >= 11 is 3.37. The lowest BCUT2D eigenvalue weighted by atomic mass is 10.1. The fourth-order valence-electron chi connectivity index (χ4n) is 1.39. The molecule has 1 unspecified atom stereocenters. The second-order valence-electron chi connectivity index (χ2n) is 3.49. The summed E-state index contributed by atoms with van der Waals surface area (Å²) in [6.45, 7) is 1.97. The maximum atomic E-state index is 5.83. The zero-order valence-corrected chi connectivity index (χ0v) is 9.98. The molecule has 1 atom stereocenters. The van der Waals surface area contributed by atoms with Gasteiger partial charge in [-0.05, 0) is 40.5 Å². The van der Waals surface area contributed by atoms with Gasteiger partial charge in [0.15, 0.2) is 0 Å². The highest BCUT2D eigenvalue weighted by atomic mass is 79.9. The monoisotopic (exact) mass is 265 g/mol. The average molecular weight is 266 g/mol. The largest absolute Gasteiger partial charge is 0.324 e. The number of benzene rings is 1. The topological polar surface area (TPSA) is 43.8 Å². The first-order valence-electron chi connectivity index (χ1n) is 4.73. The van der Waals surface area contributed by atoms with Crippen molar-refractivity contribution >= 4 is 15.9 Å². The van der Waals surface area contributed by atoms with Gasteiger partial charge in [-0.2, -0.15) is 5.10 Å². The smallest absolute Gasteiger partial charge is 0.0649 e. The quantitative estimate of drug-likeness (QED) is 0.908. The Balaban J connectivity index is 2.41. The Morgan fingerprint density at radius 1 is 1.47 bits per heavy atom. The van der Waals surface area contributed by atoms with Gasteiger partial charge >= 0.3 is 0 Å². The van der Waals surface area contributed by atoms with E-state index >= 15 is 0 Å². The lowest BCUT2D eigenvalue weighted by Gasteiger charge is -2.07. The van der Waals surface area contributed by atoms with Crippen molar-refractivity contribution in [1.29, 1.82) is 0 Å². The Kier molecular flexibility index (Phi) is 2.88. The van der Waals surface area contributed by atoms with Crippen molar-refractivity contribution in [2.75, 3.05) is 0 Å². The molecule has 0 aliphatic carbocycles. The number of nitrogens with zero attached hydrogens (tertiary/aromatic N) is 2. The van der Waals surface area contributed by atoms with Gasteiger partial charge < -0.3 is 5.73 Å². The summed E-state index contributed by atoms with van der Waals surface area (Å²) in [6.07, 6.45) is 3.68. The number of hydrogen-bond donors (Lipinski definition) is 1. The van der Waals surface area contributed by atoms with E-state index in [0.717, 1.165) is 15.7 Å². The van der Waals surface area contributed by atoms with Crippen LogP contribution in [0, 0.1) is 0 Å². The minimum Gasteiger partial charge on any atom is -0.324 e. The molecule has 0 aliphatic heterocycles. The molecule has 4 heteroatoms. The minimum absolute atomic E-state index is 0.0453. The van der Waals surface area contributed by atoms with Gasteiger partial charge in [0.05, 0.1) is 16.4 Å². The van der Waals surface area contributed by atoms with E-state index in [9.17, 15) is 0 Å². The third-order valence-corrected chi connectivity index (χ3v) is 2.62. The molecule has 0 saturated heterocycles. The second kappa shape index (κ2) is 4.16. The normalized spacial score (nSPS) is 12.7. The van der Waals surface area contributed by atoms with Crippen LogP contribution in [-0.2, 0) is 0 Å². The van der Waals surface area contributed by atoms with Crippen molar-refractivity contribution < 1.29 is 0 Å². The van der Waals surface area contributed by atoms with Gasteiger partial charge in [0, 0.05) is 12.2 Å². The highest BCUT2D eigenvalue weighted by Crippen LogP contribution is 2.16. The molecule has 0 fully saturated rings. The zero-order valence-electron chi connectivity index (χ0n) is 8.39. The molecule has 15 heavy (non-hydrogen) atoms. The standard InChI is InChI=1S/C11H12BrN3/c1-8(13)9-3-2-4-11(5-9)15-7-10(12)6-14-15/h2-8H,13H2,1H3. The van der Waals surface area contributed by atoms with Crippen LogP contribution in [-0.4, -0.2) is 9.78 Å². The summed E-state index contributed by atoms with van der Waals surface area (Å²) in [5.41, 5.74) is 7.96. The van der Waals surface area contributed by atoms with Crippen LogP contribution in [0.5, 0.6) is 0 Å². The summed E-state index contributed by atoms with van der Waals surface area (Å²) in [5, 5.41) is 4.22. The Labute approximate surface area is 97.0 Å². The fourth-order valence-corrected chi connectivity index (χ4v) is 1.68. The maximum absolute atomic E-state index is 5.83. The second-order valence-corrected chi connectivity index (χ2v) is 4.40. The van der Waals surface area contributed by atoms with E-state index in [1.54, 1.807) is 6.20 Å². The van der Waals surface area contributed by atoms with Crippen LogP contribution >= 0.6 is 15.9 Å². The first-order chi connectivity index (χ1) is 7.16. The lowest BCUT2D eigenvalue weighted by Crippen LogP contribution is -2.05. The molecule has 0 amide bonds. The molecule has 0 bridgehead atoms. The van der Waals surface area contributed by atoms with Crippen LogP contribution in [0.25, 0.3) is 5.69 Å². The number of rotatable bonds is 2. The van der Waals surface area contributed by atoms with Crippen LogP contribution in [0.3, 0.4) is 0 Å². The highest BCUT2D eigenvalue weighted by molar-refractivity contribution is 9.10. The van der Waals surface area contributed by atoms with Crippen molar-refractivity contribution in [3.8, 4) is 5.69 Å². The fraction of sp³-hybridized carbons (Fsp3) is 0.182. The first kappa shape index (κ1) is 10.4. The van der Waals surface area contributed by atoms with Crippen molar-refractivity contribution in [2.24, 2.45) is 5.73 Å². The van der Waals surface area contributed by atoms with E-state index < -0.39 is 0 Å². The van der Waals surface area contributed by atoms with Crippen molar-refractivity contribution in [2.45, 2.75) is 13.0 Å². The molecular weight excluding hydrogens is 254 g/mol. The van der Waals surface area contributed by atoms with E-state index in [0.29, 0.717) is 0 Å². The van der Waals surface area contributed by atoms with Crippen LogP contribution < -0.4 is 5.73 Å². The van der Waals surface area contributed by atoms with Crippen molar-refractivity contribution in [3.05, 3.63) is 46.7 Å². The van der Waals surface area contributed by atoms with Gasteiger partial charge in [-0.1, -0.05) is 12.1 Å². The van der Waals surface area contributed by atoms with Gasteiger partial charge in [-0.3, -0.25) is 0 Å². The Bertz CT molecular complexity index is 462. The summed E-state index contributed by atoms with van der Waals surface area (Å²) in [4.78, 5) is 0. The van der Waals surface area contributed by atoms with E-state index in [2.05, 4.69) is 21.0 Å². The molecule has 0 aliphatic rings. The molecule has 0 spiro atoms. The molecule has 3 nitrogen and oxygen atoms in total. The Hall–Kier alpha value is -1.13. The highest BCUT2D eigenvalue weighted by Gasteiger charge is 2.02. The van der Waals surface area contributed by atoms with Crippen molar-refractivity contribution in [3.63, 3.8) is 0 Å². The third-order valence-electron chi connectivity index (χ3n) is 2.21. The number of nitrogens with two attached hydrogens (primary N) is 1. The maximum Gasteiger partial charge on any atom is 0.0649 e. The van der Waals surface area contributed by atoms with E-state index in [1.807, 2.05) is 42.1 Å². The predicted molar refractivity (Wildman–Crippen MR) is 63.9 cm³/mol. The van der Waals surface area contributed by atoms with Gasteiger partial charge in [0.2, 0.25) is 0 Å². The minimum atomic E-state index is 0.0453. The SMILES string of the molecule is CC(N)c1cccc(-n2cc(Br)cn2)c1. The van der Waals surface area contributed by atoms with Crippen LogP contribution in [0.15, 0.2) is 41.1 Å². The van der Waals surface area contributed by atoms with Gasteiger partial charge in [0.1, 0.15) is 0 Å². The molecule has 1 heterocycles. The van der Waals surface area contributed by atoms with Crippen LogP contribution in [0.1, 0.15) is 18.5 Å². The van der Waals surface area contributed by atoms with Crippen molar-refractivity contribution in [1.82, 2.24) is 9.78 Å². The van der Waals surface area contributed by atoms with E-state index in [4.69, 9.17) is 5.73 Å². The number of aromatic nitrogens is 2. The molecular formula is C11H12BrN3. The first-order valence-corrected chi connectivity index (χ1v) is 5.52. The zero-order chi connectivity index (χ0) is 10.8. The molecule has 0 saturated carbocycles. The summed E-state index contributed by atoms with van der Waals surface area (Å²) in [7, 11) is 0. The lowest BCUT2D eigenvalue weighted by molar-refractivity contribution is 0.809.